The number of nitriles is 1. The lowest BCUT2D eigenvalue weighted by Crippen LogP contribution is -2.39. The first-order valence-corrected chi connectivity index (χ1v) is 7.49. The second-order valence-corrected chi connectivity index (χ2v) is 6.45. The average molecular weight is 308 g/mol. The third kappa shape index (κ3) is 2.59. The van der Waals surface area contributed by atoms with Crippen LogP contribution in [0.4, 0.5) is 4.39 Å². The van der Waals surface area contributed by atoms with Gasteiger partial charge in [-0.15, -0.1) is 0 Å². The SMILES string of the molecule is CC(C)(CN1C(=O)c2ccc(F)cc2C1C#N)c1ccccc1. The second kappa shape index (κ2) is 5.51. The van der Waals surface area contributed by atoms with Crippen molar-refractivity contribution >= 4 is 5.91 Å². The van der Waals surface area contributed by atoms with E-state index in [0.717, 1.165) is 5.56 Å². The molecule has 0 saturated carbocycles. The largest absolute Gasteiger partial charge is 0.318 e. The molecular formula is C19H17FN2O. The van der Waals surface area contributed by atoms with Crippen molar-refractivity contribution in [3.63, 3.8) is 0 Å². The Morgan fingerprint density at radius 2 is 1.91 bits per heavy atom. The minimum atomic E-state index is -0.740. The molecule has 2 aromatic carbocycles. The number of rotatable bonds is 3. The average Bonchev–Trinajstić information content (AvgIpc) is 2.79. The van der Waals surface area contributed by atoms with Gasteiger partial charge < -0.3 is 4.90 Å². The molecule has 0 spiro atoms. The van der Waals surface area contributed by atoms with Gasteiger partial charge >= 0.3 is 0 Å². The van der Waals surface area contributed by atoms with Gasteiger partial charge in [-0.1, -0.05) is 44.2 Å². The second-order valence-electron chi connectivity index (χ2n) is 6.45. The van der Waals surface area contributed by atoms with Crippen molar-refractivity contribution in [2.75, 3.05) is 6.54 Å². The van der Waals surface area contributed by atoms with Crippen molar-refractivity contribution < 1.29 is 9.18 Å². The van der Waals surface area contributed by atoms with Gasteiger partial charge in [0.05, 0.1) is 6.07 Å². The Hall–Kier alpha value is -2.67. The van der Waals surface area contributed by atoms with Gasteiger partial charge in [0.15, 0.2) is 0 Å². The van der Waals surface area contributed by atoms with Crippen molar-refractivity contribution in [2.24, 2.45) is 0 Å². The number of carbonyl (C=O) groups excluding carboxylic acids is 1. The quantitative estimate of drug-likeness (QED) is 0.865. The molecule has 0 aliphatic carbocycles. The van der Waals surface area contributed by atoms with E-state index in [-0.39, 0.29) is 11.3 Å². The molecule has 0 aromatic heterocycles. The fourth-order valence-corrected chi connectivity index (χ4v) is 3.10. The van der Waals surface area contributed by atoms with Crippen LogP contribution in [0.1, 0.15) is 41.4 Å². The number of hydrogen-bond donors (Lipinski definition) is 0. The van der Waals surface area contributed by atoms with E-state index in [9.17, 15) is 14.4 Å². The van der Waals surface area contributed by atoms with Crippen molar-refractivity contribution in [2.45, 2.75) is 25.3 Å². The summed E-state index contributed by atoms with van der Waals surface area (Å²) in [5.41, 5.74) is 1.65. The maximum absolute atomic E-state index is 13.5. The summed E-state index contributed by atoms with van der Waals surface area (Å²) in [5, 5.41) is 9.49. The predicted molar refractivity (Wildman–Crippen MR) is 85.3 cm³/mol. The van der Waals surface area contributed by atoms with Gasteiger partial charge in [-0.05, 0) is 23.8 Å². The van der Waals surface area contributed by atoms with Gasteiger partial charge in [0.2, 0.25) is 0 Å². The molecule has 1 atom stereocenters. The van der Waals surface area contributed by atoms with E-state index in [2.05, 4.69) is 6.07 Å². The van der Waals surface area contributed by atoms with Gasteiger partial charge in [0, 0.05) is 23.1 Å². The Balaban J connectivity index is 1.95. The van der Waals surface area contributed by atoms with Crippen LogP contribution in [0.5, 0.6) is 0 Å². The number of fused-ring (bicyclic) bond motifs is 1. The lowest BCUT2D eigenvalue weighted by Gasteiger charge is -2.32. The zero-order chi connectivity index (χ0) is 16.6. The van der Waals surface area contributed by atoms with E-state index in [4.69, 9.17) is 0 Å². The zero-order valence-corrected chi connectivity index (χ0v) is 13.1. The zero-order valence-electron chi connectivity index (χ0n) is 13.1. The molecule has 1 aliphatic heterocycles. The van der Waals surface area contributed by atoms with Crippen LogP contribution in [0.15, 0.2) is 48.5 Å². The van der Waals surface area contributed by atoms with Crippen LogP contribution in [0.2, 0.25) is 0 Å². The molecular weight excluding hydrogens is 291 g/mol. The summed E-state index contributed by atoms with van der Waals surface area (Å²) in [6.07, 6.45) is 0. The number of halogens is 1. The lowest BCUT2D eigenvalue weighted by molar-refractivity contribution is 0.0722. The highest BCUT2D eigenvalue weighted by Gasteiger charge is 2.40. The first-order valence-electron chi connectivity index (χ1n) is 7.49. The van der Waals surface area contributed by atoms with E-state index in [1.165, 1.54) is 23.1 Å². The van der Waals surface area contributed by atoms with E-state index in [1.807, 2.05) is 44.2 Å². The fraction of sp³-hybridized carbons (Fsp3) is 0.263. The molecule has 0 saturated heterocycles. The first kappa shape index (κ1) is 15.2. The van der Waals surface area contributed by atoms with Gasteiger partial charge in [0.25, 0.3) is 5.91 Å². The van der Waals surface area contributed by atoms with Crippen LogP contribution in [-0.2, 0) is 5.41 Å². The van der Waals surface area contributed by atoms with Crippen LogP contribution in [-0.4, -0.2) is 17.4 Å². The highest BCUT2D eigenvalue weighted by molar-refractivity contribution is 5.99. The summed E-state index contributed by atoms with van der Waals surface area (Å²) in [5.74, 6) is -0.642. The molecule has 1 heterocycles. The normalized spacial score (nSPS) is 17.0. The van der Waals surface area contributed by atoms with Gasteiger partial charge in [-0.3, -0.25) is 4.79 Å². The third-order valence-electron chi connectivity index (χ3n) is 4.35. The molecule has 3 rings (SSSR count). The smallest absolute Gasteiger partial charge is 0.255 e. The molecule has 23 heavy (non-hydrogen) atoms. The van der Waals surface area contributed by atoms with Crippen molar-refractivity contribution in [1.29, 1.82) is 5.26 Å². The summed E-state index contributed by atoms with van der Waals surface area (Å²) in [4.78, 5) is 14.2. The van der Waals surface area contributed by atoms with Crippen molar-refractivity contribution in [1.82, 2.24) is 4.90 Å². The van der Waals surface area contributed by atoms with E-state index < -0.39 is 11.9 Å². The number of nitrogens with zero attached hydrogens (tertiary/aromatic N) is 2. The molecule has 1 unspecified atom stereocenters. The lowest BCUT2D eigenvalue weighted by atomic mass is 9.84. The molecule has 0 bridgehead atoms. The van der Waals surface area contributed by atoms with Crippen molar-refractivity contribution in [3.8, 4) is 6.07 Å². The maximum Gasteiger partial charge on any atom is 0.255 e. The summed E-state index contributed by atoms with van der Waals surface area (Å²) >= 11 is 0. The maximum atomic E-state index is 13.5. The first-order chi connectivity index (χ1) is 10.9. The number of benzene rings is 2. The third-order valence-corrected chi connectivity index (χ3v) is 4.35. The standard InChI is InChI=1S/C19H17FN2O/c1-19(2,13-6-4-3-5-7-13)12-22-17(11-21)16-10-14(20)8-9-15(16)18(22)23/h3-10,17H,12H2,1-2H3. The van der Waals surface area contributed by atoms with Crippen molar-refractivity contribution in [3.05, 3.63) is 71.0 Å². The molecule has 0 fully saturated rings. The summed E-state index contributed by atoms with van der Waals surface area (Å²) < 4.78 is 13.5. The highest BCUT2D eigenvalue weighted by atomic mass is 19.1. The molecule has 116 valence electrons. The fourth-order valence-electron chi connectivity index (χ4n) is 3.10. The molecule has 1 amide bonds. The topological polar surface area (TPSA) is 44.1 Å². The van der Waals surface area contributed by atoms with Gasteiger partial charge in [-0.25, -0.2) is 4.39 Å². The highest BCUT2D eigenvalue weighted by Crippen LogP contribution is 2.36. The summed E-state index contributed by atoms with van der Waals surface area (Å²) in [7, 11) is 0. The van der Waals surface area contributed by atoms with Crippen LogP contribution >= 0.6 is 0 Å². The predicted octanol–water partition coefficient (Wildman–Crippen LogP) is 3.82. The number of amides is 1. The Morgan fingerprint density at radius 1 is 1.22 bits per heavy atom. The Bertz CT molecular complexity index is 793. The monoisotopic (exact) mass is 308 g/mol. The number of hydrogen-bond acceptors (Lipinski definition) is 2. The van der Waals surface area contributed by atoms with Crippen LogP contribution < -0.4 is 0 Å². The summed E-state index contributed by atoms with van der Waals surface area (Å²) in [6, 6.07) is 15.3. The Kier molecular flexibility index (Phi) is 3.65. The molecule has 1 aliphatic rings. The van der Waals surface area contributed by atoms with Crippen LogP contribution in [0.3, 0.4) is 0 Å². The minimum absolute atomic E-state index is 0.212. The minimum Gasteiger partial charge on any atom is -0.318 e. The molecule has 0 radical (unpaired) electrons. The van der Waals surface area contributed by atoms with Gasteiger partial charge in [0.1, 0.15) is 11.9 Å². The van der Waals surface area contributed by atoms with Crippen LogP contribution in [0.25, 0.3) is 0 Å². The van der Waals surface area contributed by atoms with E-state index >= 15 is 0 Å². The van der Waals surface area contributed by atoms with E-state index in [0.29, 0.717) is 17.7 Å². The molecule has 2 aromatic rings. The molecule has 3 nitrogen and oxygen atoms in total. The molecule has 0 N–H and O–H groups in total. The van der Waals surface area contributed by atoms with Crippen LogP contribution in [0, 0.1) is 17.1 Å². The van der Waals surface area contributed by atoms with E-state index in [1.54, 1.807) is 0 Å². The summed E-state index contributed by atoms with van der Waals surface area (Å²) in [6.45, 7) is 4.46. The van der Waals surface area contributed by atoms with Gasteiger partial charge in [-0.2, -0.15) is 5.26 Å². The number of carbonyl (C=O) groups is 1. The Labute approximate surface area is 135 Å². The Morgan fingerprint density at radius 3 is 2.57 bits per heavy atom. The molecule has 4 heteroatoms.